The van der Waals surface area contributed by atoms with Gasteiger partial charge < -0.3 is 5.32 Å². The fourth-order valence-electron chi connectivity index (χ4n) is 2.96. The lowest BCUT2D eigenvalue weighted by Crippen LogP contribution is -1.98. The summed E-state index contributed by atoms with van der Waals surface area (Å²) in [6.07, 6.45) is 2.23. The molecule has 2 aromatic carbocycles. The van der Waals surface area contributed by atoms with Gasteiger partial charge in [-0.3, -0.25) is 0 Å². The molecule has 0 bridgehead atoms. The zero-order valence-corrected chi connectivity index (χ0v) is 15.5. The molecule has 2 heterocycles. The molecular weight excluding hydrogens is 369 g/mol. The maximum Gasteiger partial charge on any atom is 0.136 e. The molecule has 4 aromatic rings. The second-order valence-corrected chi connectivity index (χ2v) is 7.24. The number of hydrogen-bond acceptors (Lipinski definition) is 4. The van der Waals surface area contributed by atoms with Crippen LogP contribution in [0.2, 0.25) is 5.02 Å². The number of nitrogens with one attached hydrogen (secondary N) is 1. The summed E-state index contributed by atoms with van der Waals surface area (Å²) in [6.45, 7) is 0. The minimum Gasteiger partial charge on any atom is -0.373 e. The fourth-order valence-corrected chi connectivity index (χ4v) is 3.90. The first-order valence-electron chi connectivity index (χ1n) is 8.09. The minimum absolute atomic E-state index is 0.261. The van der Waals surface area contributed by atoms with Crippen LogP contribution in [0.1, 0.15) is 11.1 Å². The Morgan fingerprint density at radius 2 is 2.04 bits per heavy atom. The van der Waals surface area contributed by atoms with E-state index in [0.29, 0.717) is 28.1 Å². The predicted octanol–water partition coefficient (Wildman–Crippen LogP) is 5.78. The molecule has 0 spiro atoms. The number of anilines is 1. The van der Waals surface area contributed by atoms with Gasteiger partial charge in [-0.1, -0.05) is 29.8 Å². The Labute approximate surface area is 159 Å². The minimum atomic E-state index is -0.261. The van der Waals surface area contributed by atoms with Gasteiger partial charge in [-0.15, -0.1) is 11.3 Å². The molecule has 0 unspecified atom stereocenters. The topological polar surface area (TPSA) is 37.8 Å². The van der Waals surface area contributed by atoms with Crippen LogP contribution in [0.4, 0.5) is 10.2 Å². The van der Waals surface area contributed by atoms with Gasteiger partial charge in [0.1, 0.15) is 11.6 Å². The zero-order valence-electron chi connectivity index (χ0n) is 14.0. The molecule has 1 N–H and O–H groups in total. The molecule has 0 radical (unpaired) electrons. The first kappa shape index (κ1) is 16.9. The highest BCUT2D eigenvalue weighted by molar-refractivity contribution is 7.16. The summed E-state index contributed by atoms with van der Waals surface area (Å²) in [4.78, 5) is 8.68. The number of hydrogen-bond donors (Lipinski definition) is 1. The number of aromatic nitrogens is 2. The predicted molar refractivity (Wildman–Crippen MR) is 107 cm³/mol. The molecule has 0 atom stereocenters. The Morgan fingerprint density at radius 3 is 2.77 bits per heavy atom. The van der Waals surface area contributed by atoms with Crippen LogP contribution in [0.15, 0.2) is 54.2 Å². The van der Waals surface area contributed by atoms with Crippen LogP contribution in [0, 0.1) is 5.82 Å². The van der Waals surface area contributed by atoms with E-state index in [0.717, 1.165) is 21.6 Å². The smallest absolute Gasteiger partial charge is 0.136 e. The Hall–Kier alpha value is -2.50. The Balaban J connectivity index is 1.84. The van der Waals surface area contributed by atoms with Gasteiger partial charge in [0.15, 0.2) is 0 Å². The van der Waals surface area contributed by atoms with Crippen LogP contribution in [0.25, 0.3) is 21.3 Å². The number of benzene rings is 2. The lowest BCUT2D eigenvalue weighted by molar-refractivity contribution is 0.619. The van der Waals surface area contributed by atoms with Gasteiger partial charge in [-0.2, -0.15) is 0 Å². The van der Waals surface area contributed by atoms with Crippen molar-refractivity contribution >= 4 is 39.0 Å². The quantitative estimate of drug-likeness (QED) is 0.485. The number of halogens is 2. The molecular formula is C20H15ClFN3S. The van der Waals surface area contributed by atoms with Gasteiger partial charge in [-0.25, -0.2) is 14.4 Å². The molecule has 0 fully saturated rings. The lowest BCUT2D eigenvalue weighted by Gasteiger charge is -2.11. The summed E-state index contributed by atoms with van der Waals surface area (Å²) in [5.41, 5.74) is 5.21. The third kappa shape index (κ3) is 3.16. The van der Waals surface area contributed by atoms with Gasteiger partial charge in [0.2, 0.25) is 0 Å². The second-order valence-electron chi connectivity index (χ2n) is 5.91. The van der Waals surface area contributed by atoms with Gasteiger partial charge in [0.05, 0.1) is 15.7 Å². The van der Waals surface area contributed by atoms with Gasteiger partial charge in [0, 0.05) is 30.3 Å². The Bertz CT molecular complexity index is 1080. The fraction of sp³-hybridized carbons (Fsp3) is 0.100. The largest absolute Gasteiger partial charge is 0.373 e. The molecule has 6 heteroatoms. The number of fused-ring (bicyclic) bond motifs is 1. The van der Waals surface area contributed by atoms with Crippen molar-refractivity contribution in [3.05, 3.63) is 76.1 Å². The molecule has 2 aromatic heterocycles. The van der Waals surface area contributed by atoms with Crippen molar-refractivity contribution in [2.45, 2.75) is 6.42 Å². The molecule has 130 valence electrons. The van der Waals surface area contributed by atoms with Crippen LogP contribution < -0.4 is 5.32 Å². The third-order valence-electron chi connectivity index (χ3n) is 4.23. The molecule has 26 heavy (non-hydrogen) atoms. The van der Waals surface area contributed by atoms with Crippen molar-refractivity contribution in [2.24, 2.45) is 0 Å². The first-order valence-corrected chi connectivity index (χ1v) is 9.34. The van der Waals surface area contributed by atoms with E-state index >= 15 is 4.39 Å². The Kier molecular flexibility index (Phi) is 4.57. The number of rotatable bonds is 4. The van der Waals surface area contributed by atoms with E-state index in [9.17, 15) is 0 Å². The van der Waals surface area contributed by atoms with Crippen molar-refractivity contribution in [3.63, 3.8) is 0 Å². The summed E-state index contributed by atoms with van der Waals surface area (Å²) < 4.78 is 16.4. The average molecular weight is 384 g/mol. The van der Waals surface area contributed by atoms with Crippen LogP contribution in [-0.4, -0.2) is 17.0 Å². The number of nitrogens with zero attached hydrogens (tertiary/aromatic N) is 2. The maximum atomic E-state index is 15.4. The van der Waals surface area contributed by atoms with Crippen LogP contribution in [0.5, 0.6) is 0 Å². The van der Waals surface area contributed by atoms with Crippen molar-refractivity contribution in [3.8, 4) is 11.1 Å². The molecule has 0 amide bonds. The molecule has 0 saturated heterocycles. The van der Waals surface area contributed by atoms with Crippen molar-refractivity contribution in [1.82, 2.24) is 9.97 Å². The third-order valence-corrected chi connectivity index (χ3v) is 5.24. The Morgan fingerprint density at radius 1 is 1.15 bits per heavy atom. The number of pyridine rings is 1. The second kappa shape index (κ2) is 7.02. The summed E-state index contributed by atoms with van der Waals surface area (Å²) in [7, 11) is 1.82. The highest BCUT2D eigenvalue weighted by atomic mass is 35.5. The molecule has 0 saturated carbocycles. The summed E-state index contributed by atoms with van der Waals surface area (Å²) >= 11 is 7.62. The molecule has 0 aliphatic rings. The van der Waals surface area contributed by atoms with Gasteiger partial charge >= 0.3 is 0 Å². The van der Waals surface area contributed by atoms with E-state index in [1.807, 2.05) is 37.4 Å². The number of thiazole rings is 1. The molecule has 0 aliphatic carbocycles. The summed E-state index contributed by atoms with van der Waals surface area (Å²) in [5, 5.41) is 3.55. The van der Waals surface area contributed by atoms with Crippen molar-refractivity contribution in [1.29, 1.82) is 0 Å². The summed E-state index contributed by atoms with van der Waals surface area (Å²) in [6, 6.07) is 12.9. The first-order chi connectivity index (χ1) is 12.7. The highest BCUT2D eigenvalue weighted by Gasteiger charge is 2.18. The SMILES string of the molecule is CNc1ccc(Cc2cc3scnc3c(-c3cccc(Cl)c3)c2F)cn1. The van der Waals surface area contributed by atoms with E-state index in [1.165, 1.54) is 11.3 Å². The molecule has 0 aliphatic heterocycles. The van der Waals surface area contributed by atoms with E-state index in [1.54, 1.807) is 23.8 Å². The van der Waals surface area contributed by atoms with Crippen molar-refractivity contribution in [2.75, 3.05) is 12.4 Å². The molecule has 4 rings (SSSR count). The average Bonchev–Trinajstić information content (AvgIpc) is 3.11. The van der Waals surface area contributed by atoms with E-state index in [-0.39, 0.29) is 5.82 Å². The van der Waals surface area contributed by atoms with Gasteiger partial charge in [-0.05, 0) is 41.0 Å². The highest BCUT2D eigenvalue weighted by Crippen LogP contribution is 2.36. The monoisotopic (exact) mass is 383 g/mol. The maximum absolute atomic E-state index is 15.4. The van der Waals surface area contributed by atoms with Gasteiger partial charge in [0.25, 0.3) is 0 Å². The molecule has 3 nitrogen and oxygen atoms in total. The van der Waals surface area contributed by atoms with Crippen molar-refractivity contribution < 1.29 is 4.39 Å². The van der Waals surface area contributed by atoms with Crippen LogP contribution >= 0.6 is 22.9 Å². The van der Waals surface area contributed by atoms with Crippen LogP contribution in [-0.2, 0) is 6.42 Å². The lowest BCUT2D eigenvalue weighted by atomic mass is 9.97. The van der Waals surface area contributed by atoms with E-state index in [4.69, 9.17) is 11.6 Å². The van der Waals surface area contributed by atoms with Crippen LogP contribution in [0.3, 0.4) is 0 Å². The normalized spacial score (nSPS) is 11.0. The standard InChI is InChI=1S/C20H15ClFN3S/c1-23-17-6-5-12(10-24-17)7-14-9-16-20(25-11-26-16)18(19(14)22)13-3-2-4-15(21)8-13/h2-6,8-11H,7H2,1H3,(H,23,24). The summed E-state index contributed by atoms with van der Waals surface area (Å²) in [5.74, 6) is 0.523. The van der Waals surface area contributed by atoms with E-state index < -0.39 is 0 Å². The van der Waals surface area contributed by atoms with E-state index in [2.05, 4.69) is 15.3 Å². The zero-order chi connectivity index (χ0) is 18.1.